The van der Waals surface area contributed by atoms with Crippen LogP contribution in [0, 0.1) is 11.3 Å². The van der Waals surface area contributed by atoms with Crippen molar-refractivity contribution in [1.82, 2.24) is 9.78 Å². The highest BCUT2D eigenvalue weighted by Crippen LogP contribution is 2.28. The molecule has 0 saturated heterocycles. The van der Waals surface area contributed by atoms with Crippen LogP contribution in [0.3, 0.4) is 0 Å². The van der Waals surface area contributed by atoms with Crippen molar-refractivity contribution in [1.29, 1.82) is 5.26 Å². The quantitative estimate of drug-likeness (QED) is 0.836. The Morgan fingerprint density at radius 2 is 1.95 bits per heavy atom. The van der Waals surface area contributed by atoms with Crippen molar-refractivity contribution >= 4 is 11.9 Å². The SMILES string of the molecule is CC(C)(C)OC(=O)n1nc(-c2ccc(O)cc2)c(C#N)c1N. The molecule has 0 spiro atoms. The Hall–Kier alpha value is -3.01. The summed E-state index contributed by atoms with van der Waals surface area (Å²) < 4.78 is 6.07. The fourth-order valence-electron chi connectivity index (χ4n) is 1.81. The fourth-order valence-corrected chi connectivity index (χ4v) is 1.81. The average Bonchev–Trinajstić information content (AvgIpc) is 2.74. The average molecular weight is 300 g/mol. The maximum absolute atomic E-state index is 12.1. The zero-order chi connectivity index (χ0) is 16.5. The third kappa shape index (κ3) is 3.01. The van der Waals surface area contributed by atoms with Gasteiger partial charge in [0.1, 0.15) is 28.7 Å². The van der Waals surface area contributed by atoms with Crippen LogP contribution in [0.25, 0.3) is 11.3 Å². The minimum atomic E-state index is -0.758. The molecule has 0 amide bonds. The molecule has 1 aromatic carbocycles. The van der Waals surface area contributed by atoms with Gasteiger partial charge in [-0.3, -0.25) is 0 Å². The summed E-state index contributed by atoms with van der Waals surface area (Å²) in [6.45, 7) is 5.16. The molecule has 2 aromatic rings. The molecule has 0 saturated carbocycles. The second kappa shape index (κ2) is 5.41. The smallest absolute Gasteiger partial charge is 0.437 e. The lowest BCUT2D eigenvalue weighted by Crippen LogP contribution is -2.28. The van der Waals surface area contributed by atoms with E-state index in [1.54, 1.807) is 32.9 Å². The number of nitrogen functional groups attached to an aromatic ring is 1. The highest BCUT2D eigenvalue weighted by Gasteiger charge is 2.25. The van der Waals surface area contributed by atoms with Crippen molar-refractivity contribution < 1.29 is 14.6 Å². The topological polar surface area (TPSA) is 114 Å². The molecule has 0 unspecified atom stereocenters. The van der Waals surface area contributed by atoms with E-state index in [2.05, 4.69) is 5.10 Å². The van der Waals surface area contributed by atoms with Crippen molar-refractivity contribution in [3.63, 3.8) is 0 Å². The van der Waals surface area contributed by atoms with Crippen LogP contribution in [0.5, 0.6) is 5.75 Å². The summed E-state index contributed by atoms with van der Waals surface area (Å²) in [5, 5.41) is 22.7. The number of nitriles is 1. The summed E-state index contributed by atoms with van der Waals surface area (Å²) in [4.78, 5) is 12.1. The first-order valence-corrected chi connectivity index (χ1v) is 6.54. The number of anilines is 1. The Kier molecular flexibility index (Phi) is 3.78. The number of aromatic nitrogens is 2. The molecule has 22 heavy (non-hydrogen) atoms. The van der Waals surface area contributed by atoms with Crippen molar-refractivity contribution in [3.8, 4) is 23.1 Å². The van der Waals surface area contributed by atoms with Crippen LogP contribution in [0.1, 0.15) is 26.3 Å². The number of phenolic OH excluding ortho intramolecular Hbond substituents is 1. The maximum Gasteiger partial charge on any atom is 0.437 e. The molecule has 0 bridgehead atoms. The van der Waals surface area contributed by atoms with Gasteiger partial charge in [-0.1, -0.05) is 0 Å². The largest absolute Gasteiger partial charge is 0.508 e. The number of ether oxygens (including phenoxy) is 1. The van der Waals surface area contributed by atoms with Gasteiger partial charge in [0, 0.05) is 5.56 Å². The molecule has 0 radical (unpaired) electrons. The Balaban J connectivity index is 2.50. The van der Waals surface area contributed by atoms with E-state index in [1.165, 1.54) is 12.1 Å². The van der Waals surface area contributed by atoms with E-state index in [0.717, 1.165) is 4.68 Å². The summed E-state index contributed by atoms with van der Waals surface area (Å²) in [5.74, 6) is 0.00151. The molecular weight excluding hydrogens is 284 g/mol. The number of nitrogens with two attached hydrogens (primary N) is 1. The van der Waals surface area contributed by atoms with Crippen LogP contribution in [0.2, 0.25) is 0 Å². The second-order valence-corrected chi connectivity index (χ2v) is 5.66. The van der Waals surface area contributed by atoms with Crippen LogP contribution in [-0.4, -0.2) is 26.6 Å². The van der Waals surface area contributed by atoms with Crippen LogP contribution in [-0.2, 0) is 4.74 Å². The van der Waals surface area contributed by atoms with E-state index in [9.17, 15) is 15.2 Å². The number of carbonyl (C=O) groups excluding carboxylic acids is 1. The monoisotopic (exact) mass is 300 g/mol. The molecule has 0 aliphatic rings. The van der Waals surface area contributed by atoms with Gasteiger partial charge in [-0.05, 0) is 45.0 Å². The van der Waals surface area contributed by atoms with E-state index in [-0.39, 0.29) is 22.8 Å². The van der Waals surface area contributed by atoms with E-state index in [1.807, 2.05) is 6.07 Å². The summed E-state index contributed by atoms with van der Waals surface area (Å²) >= 11 is 0. The molecule has 0 aliphatic heterocycles. The molecule has 1 heterocycles. The molecule has 7 nitrogen and oxygen atoms in total. The molecule has 3 N–H and O–H groups in total. The lowest BCUT2D eigenvalue weighted by molar-refractivity contribution is 0.0519. The zero-order valence-corrected chi connectivity index (χ0v) is 12.5. The summed E-state index contributed by atoms with van der Waals surface area (Å²) in [6.07, 6.45) is -0.758. The van der Waals surface area contributed by atoms with Crippen molar-refractivity contribution in [2.45, 2.75) is 26.4 Å². The normalized spacial score (nSPS) is 11.0. The Bertz CT molecular complexity index is 749. The molecule has 2 rings (SSSR count). The predicted molar refractivity (Wildman–Crippen MR) is 80.1 cm³/mol. The molecule has 114 valence electrons. The zero-order valence-electron chi connectivity index (χ0n) is 12.5. The number of benzene rings is 1. The lowest BCUT2D eigenvalue weighted by Gasteiger charge is -2.19. The van der Waals surface area contributed by atoms with Gasteiger partial charge in [0.2, 0.25) is 0 Å². The number of rotatable bonds is 1. The first-order valence-electron chi connectivity index (χ1n) is 6.54. The lowest BCUT2D eigenvalue weighted by atomic mass is 10.1. The van der Waals surface area contributed by atoms with Gasteiger partial charge in [0.15, 0.2) is 5.82 Å². The maximum atomic E-state index is 12.1. The molecule has 0 atom stereocenters. The summed E-state index contributed by atoms with van der Waals surface area (Å²) in [5.41, 5.74) is 6.02. The molecule has 7 heteroatoms. The van der Waals surface area contributed by atoms with E-state index < -0.39 is 11.7 Å². The predicted octanol–water partition coefficient (Wildman–Crippen LogP) is 2.49. The summed E-state index contributed by atoms with van der Waals surface area (Å²) in [6, 6.07) is 8.01. The molecular formula is C15H16N4O3. The number of carbonyl (C=O) groups is 1. The van der Waals surface area contributed by atoms with Crippen LogP contribution >= 0.6 is 0 Å². The Labute approximate surface area is 127 Å². The van der Waals surface area contributed by atoms with Crippen molar-refractivity contribution in [2.24, 2.45) is 0 Å². The highest BCUT2D eigenvalue weighted by atomic mass is 16.6. The van der Waals surface area contributed by atoms with Crippen molar-refractivity contribution in [2.75, 3.05) is 5.73 Å². The standard InChI is InChI=1S/C15H16N4O3/c1-15(2,3)22-14(21)19-13(17)11(8-16)12(18-19)9-4-6-10(20)7-5-9/h4-7,20H,17H2,1-3H3. The van der Waals surface area contributed by atoms with Gasteiger partial charge in [0.25, 0.3) is 0 Å². The van der Waals surface area contributed by atoms with E-state index in [4.69, 9.17) is 10.5 Å². The first kappa shape index (κ1) is 15.4. The number of hydrogen-bond acceptors (Lipinski definition) is 6. The fraction of sp³-hybridized carbons (Fsp3) is 0.267. The minimum absolute atomic E-state index is 0.0801. The highest BCUT2D eigenvalue weighted by molar-refractivity contribution is 5.81. The minimum Gasteiger partial charge on any atom is -0.508 e. The molecule has 1 aromatic heterocycles. The number of nitrogens with zero attached hydrogens (tertiary/aromatic N) is 3. The number of aromatic hydroxyl groups is 1. The second-order valence-electron chi connectivity index (χ2n) is 5.66. The van der Waals surface area contributed by atoms with Crippen LogP contribution in [0.15, 0.2) is 24.3 Å². The molecule has 0 fully saturated rings. The van der Waals surface area contributed by atoms with Gasteiger partial charge in [-0.2, -0.15) is 10.4 Å². The number of phenols is 1. The third-order valence-electron chi connectivity index (χ3n) is 2.74. The van der Waals surface area contributed by atoms with Gasteiger partial charge in [0.05, 0.1) is 0 Å². The Morgan fingerprint density at radius 1 is 1.36 bits per heavy atom. The Morgan fingerprint density at radius 3 is 2.45 bits per heavy atom. The van der Waals surface area contributed by atoms with E-state index in [0.29, 0.717) is 5.56 Å². The summed E-state index contributed by atoms with van der Waals surface area (Å²) in [7, 11) is 0. The van der Waals surface area contributed by atoms with Crippen LogP contribution in [0.4, 0.5) is 10.6 Å². The number of hydrogen-bond donors (Lipinski definition) is 2. The van der Waals surface area contributed by atoms with Gasteiger partial charge in [-0.25, -0.2) is 4.79 Å². The molecule has 0 aliphatic carbocycles. The third-order valence-corrected chi connectivity index (χ3v) is 2.74. The van der Waals surface area contributed by atoms with Gasteiger partial charge in [-0.15, -0.1) is 4.68 Å². The van der Waals surface area contributed by atoms with Crippen molar-refractivity contribution in [3.05, 3.63) is 29.8 Å². The van der Waals surface area contributed by atoms with Gasteiger partial charge < -0.3 is 15.6 Å². The van der Waals surface area contributed by atoms with Gasteiger partial charge >= 0.3 is 6.09 Å². The first-order chi connectivity index (χ1) is 10.2. The van der Waals surface area contributed by atoms with E-state index >= 15 is 0 Å². The van der Waals surface area contributed by atoms with Crippen LogP contribution < -0.4 is 5.73 Å².